The number of rotatable bonds is 8. The number of hydrogen-bond donors (Lipinski definition) is 1. The summed E-state index contributed by atoms with van der Waals surface area (Å²) in [5, 5.41) is 12.2. The summed E-state index contributed by atoms with van der Waals surface area (Å²) >= 11 is 1.36. The first kappa shape index (κ1) is 22.7. The molecule has 1 N–H and O–H groups in total. The van der Waals surface area contributed by atoms with Crippen molar-refractivity contribution in [3.63, 3.8) is 0 Å². The summed E-state index contributed by atoms with van der Waals surface area (Å²) in [6.45, 7) is 1.88. The van der Waals surface area contributed by atoms with Gasteiger partial charge in [-0.25, -0.2) is 0 Å². The highest BCUT2D eigenvalue weighted by atomic mass is 32.2. The van der Waals surface area contributed by atoms with Gasteiger partial charge in [0, 0.05) is 5.69 Å². The lowest BCUT2D eigenvalue weighted by molar-refractivity contribution is -0.120. The zero-order valence-corrected chi connectivity index (χ0v) is 19.9. The summed E-state index contributed by atoms with van der Waals surface area (Å²) in [5.74, 6) is 1.11. The fourth-order valence-corrected chi connectivity index (χ4v) is 4.72. The topological polar surface area (TPSA) is 73.0 Å². The van der Waals surface area contributed by atoms with Crippen LogP contribution in [0.25, 0.3) is 17.3 Å². The predicted molar refractivity (Wildman–Crippen MR) is 137 cm³/mol. The van der Waals surface area contributed by atoms with Crippen molar-refractivity contribution in [2.24, 2.45) is 0 Å². The maximum absolute atomic E-state index is 13.4. The van der Waals surface area contributed by atoms with Crippen LogP contribution in [0.2, 0.25) is 0 Å². The molecule has 7 heteroatoms. The third kappa shape index (κ3) is 5.05. The molecule has 0 saturated heterocycles. The molecule has 0 aliphatic carbocycles. The second-order valence-electron chi connectivity index (χ2n) is 7.98. The van der Waals surface area contributed by atoms with Crippen molar-refractivity contribution >= 4 is 17.7 Å². The average Bonchev–Trinajstić information content (AvgIpc) is 3.59. The Morgan fingerprint density at radius 3 is 2.00 bits per heavy atom. The molecule has 1 amide bonds. The van der Waals surface area contributed by atoms with Crippen molar-refractivity contribution in [3.8, 4) is 17.3 Å². The maximum atomic E-state index is 13.4. The normalized spacial score (nSPS) is 11.9. The van der Waals surface area contributed by atoms with Crippen molar-refractivity contribution in [2.75, 3.05) is 0 Å². The number of nitrogens with zero attached hydrogens (tertiary/aromatic N) is 3. The van der Waals surface area contributed by atoms with Gasteiger partial charge >= 0.3 is 0 Å². The predicted octanol–water partition coefficient (Wildman–Crippen LogP) is 5.91. The van der Waals surface area contributed by atoms with E-state index in [4.69, 9.17) is 4.42 Å². The second-order valence-corrected chi connectivity index (χ2v) is 9.29. The number of para-hydroxylation sites is 1. The van der Waals surface area contributed by atoms with Gasteiger partial charge in [-0.3, -0.25) is 9.36 Å². The van der Waals surface area contributed by atoms with Crippen LogP contribution in [-0.2, 0) is 4.79 Å². The minimum absolute atomic E-state index is 0.0881. The Kier molecular flexibility index (Phi) is 6.77. The van der Waals surface area contributed by atoms with Crippen LogP contribution in [0.5, 0.6) is 0 Å². The first-order valence-corrected chi connectivity index (χ1v) is 12.2. The van der Waals surface area contributed by atoms with Crippen LogP contribution < -0.4 is 5.32 Å². The molecule has 1 atom stereocenters. The minimum Gasteiger partial charge on any atom is -0.461 e. The van der Waals surface area contributed by atoms with E-state index in [-0.39, 0.29) is 11.9 Å². The van der Waals surface area contributed by atoms with Gasteiger partial charge in [0.05, 0.1) is 17.6 Å². The minimum atomic E-state index is -0.416. The first-order chi connectivity index (χ1) is 17.2. The SMILES string of the molecule is C[C@@H](Sc1nnc(-c2ccco2)n1-c1ccccc1)C(=O)NC(c1ccccc1)c1ccccc1. The zero-order valence-electron chi connectivity index (χ0n) is 19.1. The van der Waals surface area contributed by atoms with E-state index in [0.717, 1.165) is 16.8 Å². The lowest BCUT2D eigenvalue weighted by Gasteiger charge is -2.22. The number of carbonyl (C=O) groups is 1. The summed E-state index contributed by atoms with van der Waals surface area (Å²) in [6.07, 6.45) is 1.61. The lowest BCUT2D eigenvalue weighted by Crippen LogP contribution is -2.35. The molecule has 35 heavy (non-hydrogen) atoms. The van der Waals surface area contributed by atoms with Crippen LogP contribution in [0.1, 0.15) is 24.1 Å². The average molecular weight is 481 g/mol. The summed E-state index contributed by atoms with van der Waals surface area (Å²) in [6, 6.07) is 33.2. The molecule has 0 fully saturated rings. The third-order valence-corrected chi connectivity index (χ3v) is 6.64. The lowest BCUT2D eigenvalue weighted by atomic mass is 9.98. The highest BCUT2D eigenvalue weighted by Crippen LogP contribution is 2.31. The Bertz CT molecular complexity index is 1330. The molecule has 3 aromatic carbocycles. The van der Waals surface area contributed by atoms with E-state index in [0.29, 0.717) is 16.7 Å². The maximum Gasteiger partial charge on any atom is 0.234 e. The van der Waals surface area contributed by atoms with Crippen LogP contribution in [0, 0.1) is 0 Å². The van der Waals surface area contributed by atoms with Gasteiger partial charge in [-0.05, 0) is 42.3 Å². The van der Waals surface area contributed by atoms with E-state index in [1.807, 2.05) is 115 Å². The van der Waals surface area contributed by atoms with Gasteiger partial charge in [0.1, 0.15) is 0 Å². The highest BCUT2D eigenvalue weighted by Gasteiger charge is 2.25. The number of aromatic nitrogens is 3. The molecule has 0 radical (unpaired) electrons. The number of furan rings is 1. The van der Waals surface area contributed by atoms with Gasteiger partial charge in [0.15, 0.2) is 10.9 Å². The van der Waals surface area contributed by atoms with Gasteiger partial charge in [-0.1, -0.05) is 90.6 Å². The van der Waals surface area contributed by atoms with Crippen LogP contribution in [-0.4, -0.2) is 25.9 Å². The third-order valence-electron chi connectivity index (χ3n) is 5.59. The summed E-state index contributed by atoms with van der Waals surface area (Å²) in [4.78, 5) is 13.4. The molecule has 6 nitrogen and oxygen atoms in total. The Hall–Kier alpha value is -4.10. The molecule has 0 bridgehead atoms. The van der Waals surface area contributed by atoms with E-state index in [1.165, 1.54) is 11.8 Å². The number of nitrogens with one attached hydrogen (secondary N) is 1. The second kappa shape index (κ2) is 10.4. The molecular formula is C28H24N4O2S. The molecule has 2 aromatic heterocycles. The van der Waals surface area contributed by atoms with E-state index in [9.17, 15) is 4.79 Å². The van der Waals surface area contributed by atoms with E-state index in [1.54, 1.807) is 6.26 Å². The quantitative estimate of drug-likeness (QED) is 0.279. The van der Waals surface area contributed by atoms with Crippen LogP contribution in [0.3, 0.4) is 0 Å². The van der Waals surface area contributed by atoms with E-state index >= 15 is 0 Å². The molecule has 0 spiro atoms. The Morgan fingerprint density at radius 2 is 1.43 bits per heavy atom. The molecular weight excluding hydrogens is 456 g/mol. The first-order valence-electron chi connectivity index (χ1n) is 11.3. The van der Waals surface area contributed by atoms with Crippen LogP contribution >= 0.6 is 11.8 Å². The summed E-state index contributed by atoms with van der Waals surface area (Å²) < 4.78 is 7.50. The van der Waals surface area contributed by atoms with Gasteiger partial charge < -0.3 is 9.73 Å². The molecule has 0 saturated carbocycles. The van der Waals surface area contributed by atoms with Gasteiger partial charge in [-0.15, -0.1) is 10.2 Å². The molecule has 174 valence electrons. The van der Waals surface area contributed by atoms with Crippen molar-refractivity contribution in [1.29, 1.82) is 0 Å². The molecule has 0 unspecified atom stereocenters. The number of amides is 1. The fraction of sp³-hybridized carbons (Fsp3) is 0.107. The summed E-state index contributed by atoms with van der Waals surface area (Å²) in [7, 11) is 0. The molecule has 0 aliphatic rings. The van der Waals surface area contributed by atoms with E-state index < -0.39 is 5.25 Å². The van der Waals surface area contributed by atoms with Crippen molar-refractivity contribution in [1.82, 2.24) is 20.1 Å². The van der Waals surface area contributed by atoms with Crippen molar-refractivity contribution in [2.45, 2.75) is 23.4 Å². The molecule has 2 heterocycles. The van der Waals surface area contributed by atoms with Gasteiger partial charge in [0.2, 0.25) is 11.7 Å². The highest BCUT2D eigenvalue weighted by molar-refractivity contribution is 8.00. The molecule has 0 aliphatic heterocycles. The molecule has 5 rings (SSSR count). The van der Waals surface area contributed by atoms with Crippen molar-refractivity contribution < 1.29 is 9.21 Å². The Balaban J connectivity index is 1.41. The summed E-state index contributed by atoms with van der Waals surface area (Å²) in [5.41, 5.74) is 2.94. The number of hydrogen-bond acceptors (Lipinski definition) is 5. The van der Waals surface area contributed by atoms with Gasteiger partial charge in [0.25, 0.3) is 0 Å². The monoisotopic (exact) mass is 480 g/mol. The number of thioether (sulfide) groups is 1. The fourth-order valence-electron chi connectivity index (χ4n) is 3.84. The Morgan fingerprint density at radius 1 is 0.829 bits per heavy atom. The number of benzene rings is 3. The van der Waals surface area contributed by atoms with Crippen molar-refractivity contribution in [3.05, 3.63) is 121 Å². The zero-order chi connectivity index (χ0) is 24.0. The standard InChI is InChI=1S/C28H24N4O2S/c1-20(27(33)29-25(21-12-5-2-6-13-21)22-14-7-3-8-15-22)35-28-31-30-26(24-18-11-19-34-24)32(28)23-16-9-4-10-17-23/h2-20,25H,1H3,(H,29,33)/t20-/m1/s1. The van der Waals surface area contributed by atoms with E-state index in [2.05, 4.69) is 15.5 Å². The number of carbonyl (C=O) groups excluding carboxylic acids is 1. The van der Waals surface area contributed by atoms with Crippen LogP contribution in [0.15, 0.2) is 119 Å². The molecule has 5 aromatic rings. The smallest absolute Gasteiger partial charge is 0.234 e. The van der Waals surface area contributed by atoms with Crippen LogP contribution in [0.4, 0.5) is 0 Å². The largest absolute Gasteiger partial charge is 0.461 e. The Labute approximate surface area is 208 Å². The van der Waals surface area contributed by atoms with Gasteiger partial charge in [-0.2, -0.15) is 0 Å².